The largest absolute Gasteiger partial charge is 0.431 e. The summed E-state index contributed by atoms with van der Waals surface area (Å²) in [5.74, 6) is -0.372. The number of thiazole rings is 1. The number of Topliss-reactive ketones (excluding diaryl/α,β-unsaturated/α-hetero) is 2. The lowest BCUT2D eigenvalue weighted by atomic mass is 9.73. The number of hydrogen-bond acceptors (Lipinski definition) is 6. The van der Waals surface area contributed by atoms with E-state index in [9.17, 15) is 9.59 Å². The van der Waals surface area contributed by atoms with Crippen LogP contribution in [-0.2, 0) is 14.3 Å². The van der Waals surface area contributed by atoms with Crippen LogP contribution in [0.4, 0.5) is 0 Å². The average Bonchev–Trinajstić information content (AvgIpc) is 3.47. The van der Waals surface area contributed by atoms with Gasteiger partial charge in [0.15, 0.2) is 11.6 Å². The molecule has 0 atom stereocenters. The van der Waals surface area contributed by atoms with E-state index >= 15 is 0 Å². The number of hydrogen-bond donors (Lipinski definition) is 0. The van der Waals surface area contributed by atoms with Gasteiger partial charge in [-0.15, -0.1) is 0 Å². The predicted octanol–water partition coefficient (Wildman–Crippen LogP) is 6.43. The molecule has 166 valence electrons. The zero-order valence-electron chi connectivity index (χ0n) is 18.4. The molecule has 1 aliphatic carbocycles. The Bertz CT molecular complexity index is 1230. The number of benzene rings is 2. The molecule has 0 bridgehead atoms. The van der Waals surface area contributed by atoms with Gasteiger partial charge < -0.3 is 9.47 Å². The smallest absolute Gasteiger partial charge is 0.279 e. The zero-order valence-corrected chi connectivity index (χ0v) is 20.0. The van der Waals surface area contributed by atoms with Crippen molar-refractivity contribution < 1.29 is 19.1 Å². The van der Waals surface area contributed by atoms with E-state index in [0.717, 1.165) is 34.2 Å². The van der Waals surface area contributed by atoms with Gasteiger partial charge in [-0.1, -0.05) is 29.0 Å². The van der Waals surface area contributed by atoms with Crippen molar-refractivity contribution in [3.63, 3.8) is 0 Å². The van der Waals surface area contributed by atoms with Gasteiger partial charge in [0.25, 0.3) is 5.19 Å². The van der Waals surface area contributed by atoms with Gasteiger partial charge >= 0.3 is 0 Å². The number of halogens is 1. The minimum Gasteiger partial charge on any atom is -0.431 e. The van der Waals surface area contributed by atoms with E-state index in [1.165, 1.54) is 11.3 Å². The minimum absolute atomic E-state index is 0.212. The molecule has 1 aliphatic heterocycles. The number of carbonyl (C=O) groups is 2. The second-order valence-corrected chi connectivity index (χ2v) is 11.0. The number of aromatic nitrogens is 1. The molecule has 0 radical (unpaired) electrons. The normalized spacial score (nSPS) is 20.7. The second-order valence-electron chi connectivity index (χ2n) is 9.54. The monoisotopic (exact) mass is 469 g/mol. The van der Waals surface area contributed by atoms with Gasteiger partial charge in [-0.2, -0.15) is 0 Å². The van der Waals surface area contributed by atoms with Crippen LogP contribution in [0.25, 0.3) is 10.2 Å². The Hall–Kier alpha value is -2.28. The lowest BCUT2D eigenvalue weighted by Crippen LogP contribution is -2.58. The highest BCUT2D eigenvalue weighted by Crippen LogP contribution is 2.48. The van der Waals surface area contributed by atoms with E-state index in [0.29, 0.717) is 21.9 Å². The Balaban J connectivity index is 1.56. The van der Waals surface area contributed by atoms with E-state index in [1.807, 2.05) is 30.3 Å². The van der Waals surface area contributed by atoms with Crippen LogP contribution in [0.1, 0.15) is 63.5 Å². The highest BCUT2D eigenvalue weighted by atomic mass is 35.5. The molecule has 2 heterocycles. The van der Waals surface area contributed by atoms with Crippen LogP contribution in [0.5, 0.6) is 10.9 Å². The van der Waals surface area contributed by atoms with Crippen LogP contribution in [0.15, 0.2) is 36.4 Å². The molecule has 2 aliphatic rings. The highest BCUT2D eigenvalue weighted by molar-refractivity contribution is 7.20. The second kappa shape index (κ2) is 7.37. The molecule has 7 heteroatoms. The van der Waals surface area contributed by atoms with E-state index in [2.05, 4.69) is 4.98 Å². The van der Waals surface area contributed by atoms with E-state index < -0.39 is 17.1 Å². The third-order valence-corrected chi connectivity index (χ3v) is 7.28. The SMILES string of the molecule is CC1(C)OC(C)(C)C(=O)C(c2cc(Oc3nc4ccc(Cl)cc4s3)ccc2C2CC2)C1=O. The first kappa shape index (κ1) is 21.6. The summed E-state index contributed by atoms with van der Waals surface area (Å²) in [7, 11) is 0. The fraction of sp³-hybridized carbons (Fsp3) is 0.400. The third kappa shape index (κ3) is 3.74. The van der Waals surface area contributed by atoms with Crippen LogP contribution in [0.3, 0.4) is 0 Å². The fourth-order valence-electron chi connectivity index (χ4n) is 4.49. The Morgan fingerprint density at radius 1 is 1.00 bits per heavy atom. The van der Waals surface area contributed by atoms with E-state index in [1.54, 1.807) is 33.8 Å². The van der Waals surface area contributed by atoms with Crippen molar-refractivity contribution in [1.29, 1.82) is 0 Å². The molecule has 32 heavy (non-hydrogen) atoms. The molecule has 2 aromatic carbocycles. The number of ether oxygens (including phenoxy) is 2. The topological polar surface area (TPSA) is 65.5 Å². The summed E-state index contributed by atoms with van der Waals surface area (Å²) < 4.78 is 12.9. The number of fused-ring (bicyclic) bond motifs is 1. The molecule has 1 saturated heterocycles. The van der Waals surface area contributed by atoms with Crippen LogP contribution < -0.4 is 4.74 Å². The molecule has 0 unspecified atom stereocenters. The lowest BCUT2D eigenvalue weighted by molar-refractivity contribution is -0.184. The van der Waals surface area contributed by atoms with Crippen molar-refractivity contribution in [2.45, 2.75) is 63.6 Å². The van der Waals surface area contributed by atoms with Gasteiger partial charge in [-0.3, -0.25) is 9.59 Å². The quantitative estimate of drug-likeness (QED) is 0.412. The van der Waals surface area contributed by atoms with Crippen molar-refractivity contribution in [3.05, 3.63) is 52.5 Å². The Labute approximate surface area is 195 Å². The third-order valence-electron chi connectivity index (χ3n) is 6.14. The first-order chi connectivity index (χ1) is 15.0. The molecule has 5 rings (SSSR count). The Kier molecular flexibility index (Phi) is 4.97. The first-order valence-corrected chi connectivity index (χ1v) is 11.9. The summed E-state index contributed by atoms with van der Waals surface area (Å²) >= 11 is 7.48. The van der Waals surface area contributed by atoms with Crippen molar-refractivity contribution in [1.82, 2.24) is 4.98 Å². The summed E-state index contributed by atoms with van der Waals surface area (Å²) in [5.41, 5.74) is 0.489. The Morgan fingerprint density at radius 2 is 1.69 bits per heavy atom. The van der Waals surface area contributed by atoms with Crippen molar-refractivity contribution in [2.75, 3.05) is 0 Å². The summed E-state index contributed by atoms with van der Waals surface area (Å²) in [6.45, 7) is 6.94. The maximum atomic E-state index is 13.4. The Morgan fingerprint density at radius 3 is 2.34 bits per heavy atom. The van der Waals surface area contributed by atoms with Gasteiger partial charge in [0.05, 0.1) is 10.2 Å². The summed E-state index contributed by atoms with van der Waals surface area (Å²) in [4.78, 5) is 31.2. The zero-order chi connectivity index (χ0) is 22.8. The van der Waals surface area contributed by atoms with Crippen molar-refractivity contribution in [3.8, 4) is 10.9 Å². The molecule has 1 saturated carbocycles. The molecule has 5 nitrogen and oxygen atoms in total. The molecule has 2 fully saturated rings. The summed E-state index contributed by atoms with van der Waals surface area (Å²) in [5, 5.41) is 1.13. The maximum absolute atomic E-state index is 13.4. The summed E-state index contributed by atoms with van der Waals surface area (Å²) in [6.07, 6.45) is 2.12. The molecule has 1 aromatic heterocycles. The number of ketones is 2. The van der Waals surface area contributed by atoms with Gasteiger partial charge in [-0.05, 0) is 87.9 Å². The minimum atomic E-state index is -1.05. The molecule has 3 aromatic rings. The van der Waals surface area contributed by atoms with Gasteiger partial charge in [0.2, 0.25) is 0 Å². The number of carbonyl (C=O) groups excluding carboxylic acids is 2. The van der Waals surface area contributed by atoms with Gasteiger partial charge in [0, 0.05) is 5.02 Å². The highest BCUT2D eigenvalue weighted by Gasteiger charge is 2.53. The van der Waals surface area contributed by atoms with Gasteiger partial charge in [0.1, 0.15) is 22.9 Å². The fourth-order valence-corrected chi connectivity index (χ4v) is 5.60. The van der Waals surface area contributed by atoms with Crippen LogP contribution in [-0.4, -0.2) is 27.8 Å². The predicted molar refractivity (Wildman–Crippen MR) is 125 cm³/mol. The molecule has 0 spiro atoms. The van der Waals surface area contributed by atoms with Crippen LogP contribution in [0.2, 0.25) is 5.02 Å². The van der Waals surface area contributed by atoms with Crippen LogP contribution in [0, 0.1) is 0 Å². The average molecular weight is 470 g/mol. The molecule has 0 amide bonds. The van der Waals surface area contributed by atoms with Crippen molar-refractivity contribution >= 4 is 44.7 Å². The lowest BCUT2D eigenvalue weighted by Gasteiger charge is -2.43. The molecule has 0 N–H and O–H groups in total. The van der Waals surface area contributed by atoms with Crippen molar-refractivity contribution in [2.24, 2.45) is 0 Å². The molecular weight excluding hydrogens is 446 g/mol. The van der Waals surface area contributed by atoms with Crippen LogP contribution >= 0.6 is 22.9 Å². The number of rotatable bonds is 4. The molecular formula is C25H24ClNO4S. The van der Waals surface area contributed by atoms with E-state index in [-0.39, 0.29) is 11.6 Å². The maximum Gasteiger partial charge on any atom is 0.279 e. The number of nitrogens with zero attached hydrogens (tertiary/aromatic N) is 1. The summed E-state index contributed by atoms with van der Waals surface area (Å²) in [6, 6.07) is 11.2. The standard InChI is InChI=1S/C25H24ClNO4S/c1-24(2)21(28)20(22(29)25(3,4)31-24)17-12-15(8-9-16(17)13-5-6-13)30-23-27-18-10-7-14(26)11-19(18)32-23/h7-13,20H,5-6H2,1-4H3. The van der Waals surface area contributed by atoms with Gasteiger partial charge in [-0.25, -0.2) is 4.98 Å². The first-order valence-electron chi connectivity index (χ1n) is 10.7. The van der Waals surface area contributed by atoms with E-state index in [4.69, 9.17) is 21.1 Å².